The van der Waals surface area contributed by atoms with Crippen LogP contribution in [0.4, 0.5) is 0 Å². The number of hydrogen-bond donors (Lipinski definition) is 1. The number of aliphatic hydroxyl groups is 1. The van der Waals surface area contributed by atoms with Gasteiger partial charge < -0.3 is 34.8 Å². The van der Waals surface area contributed by atoms with E-state index >= 15 is 0 Å². The normalized spacial score (nSPS) is 9.40. The van der Waals surface area contributed by atoms with Crippen molar-refractivity contribution in [2.75, 3.05) is 0 Å². The molecule has 0 aliphatic carbocycles. The maximum Gasteiger partial charge on any atom is 1.00 e. The van der Waals surface area contributed by atoms with E-state index in [1.54, 1.807) is 0 Å². The van der Waals surface area contributed by atoms with Crippen LogP contribution in [0.2, 0.25) is 0 Å². The van der Waals surface area contributed by atoms with Gasteiger partial charge in [0.15, 0.2) is 0 Å². The zero-order valence-corrected chi connectivity index (χ0v) is 13.4. The van der Waals surface area contributed by atoms with Gasteiger partial charge in [-0.25, -0.2) is 0 Å². The molecule has 0 spiro atoms. The van der Waals surface area contributed by atoms with Gasteiger partial charge in [0.05, 0.1) is 5.97 Å². The maximum atomic E-state index is 10.1. The van der Waals surface area contributed by atoms with E-state index in [-0.39, 0.29) is 80.9 Å². The number of carboxylic acid groups (broad SMARTS) is 3. The number of carbonyl (C=O) groups excluding carboxylic acids is 3. The summed E-state index contributed by atoms with van der Waals surface area (Å²) in [4.78, 5) is 30.0. The molecule has 0 aliphatic rings. The first kappa shape index (κ1) is 21.3. The summed E-state index contributed by atoms with van der Waals surface area (Å²) < 4.78 is 0. The summed E-state index contributed by atoms with van der Waals surface area (Å²) in [5.41, 5.74) is -2.97. The molecule has 15 heavy (non-hydrogen) atoms. The van der Waals surface area contributed by atoms with Crippen LogP contribution in [-0.2, 0) is 14.4 Å². The van der Waals surface area contributed by atoms with Crippen LogP contribution in [0.15, 0.2) is 0 Å². The van der Waals surface area contributed by atoms with Gasteiger partial charge in [-0.15, -0.1) is 0 Å². The molecule has 0 bridgehead atoms. The summed E-state index contributed by atoms with van der Waals surface area (Å²) in [6.45, 7) is 0. The van der Waals surface area contributed by atoms with E-state index in [1.165, 1.54) is 0 Å². The monoisotopic (exact) mass is 251 g/mol. The second-order valence-electron chi connectivity index (χ2n) is 2.42. The predicted octanol–water partition coefficient (Wildman–Crippen LogP) is -11.2. The Bertz CT molecular complexity index is 238. The SMILES string of the molecule is O=C([O-])CC(O)(CC(=O)[O-])C(=O)[O-].[K+].[Na+]. The molecule has 0 saturated heterocycles. The van der Waals surface area contributed by atoms with E-state index in [1.807, 2.05) is 0 Å². The van der Waals surface area contributed by atoms with E-state index in [0.29, 0.717) is 0 Å². The molecule has 1 N–H and O–H groups in total. The number of rotatable bonds is 5. The van der Waals surface area contributed by atoms with Crippen molar-refractivity contribution in [3.63, 3.8) is 0 Å². The van der Waals surface area contributed by atoms with Gasteiger partial charge in [0.25, 0.3) is 0 Å². The molecular weight excluding hydrogens is 246 g/mol. The fraction of sp³-hybridized carbons (Fsp3) is 0.500. The van der Waals surface area contributed by atoms with E-state index in [4.69, 9.17) is 5.11 Å². The van der Waals surface area contributed by atoms with Crippen molar-refractivity contribution >= 4 is 17.9 Å². The average Bonchev–Trinajstić information content (AvgIpc) is 1.82. The topological polar surface area (TPSA) is 141 Å². The molecule has 0 heterocycles. The van der Waals surface area contributed by atoms with Gasteiger partial charge in [-0.1, -0.05) is 0 Å². The fourth-order valence-electron chi connectivity index (χ4n) is 0.684. The van der Waals surface area contributed by atoms with Crippen LogP contribution in [0.25, 0.3) is 0 Å². The molecule has 0 fully saturated rings. The van der Waals surface area contributed by atoms with Crippen LogP contribution in [0.5, 0.6) is 0 Å². The van der Waals surface area contributed by atoms with Crippen molar-refractivity contribution in [2.24, 2.45) is 0 Å². The van der Waals surface area contributed by atoms with Gasteiger partial charge in [-0.3, -0.25) is 0 Å². The Kier molecular flexibility index (Phi) is 12.9. The first-order valence-electron chi connectivity index (χ1n) is 3.11. The second kappa shape index (κ2) is 9.08. The van der Waals surface area contributed by atoms with Gasteiger partial charge in [0.2, 0.25) is 0 Å². The van der Waals surface area contributed by atoms with E-state index in [9.17, 15) is 29.7 Å². The summed E-state index contributed by atoms with van der Waals surface area (Å²) in [5.74, 6) is -5.98. The molecule has 0 aromatic carbocycles. The van der Waals surface area contributed by atoms with Crippen LogP contribution in [0, 0.1) is 0 Å². The summed E-state index contributed by atoms with van der Waals surface area (Å²) >= 11 is 0. The number of hydrogen-bond acceptors (Lipinski definition) is 7. The number of aliphatic carboxylic acids is 3. The Morgan fingerprint density at radius 2 is 1.27 bits per heavy atom. The quantitative estimate of drug-likeness (QED) is 0.478. The molecule has 0 amide bonds. The van der Waals surface area contributed by atoms with Crippen LogP contribution < -0.4 is 96.3 Å². The zero-order valence-electron chi connectivity index (χ0n) is 8.31. The van der Waals surface area contributed by atoms with E-state index in [2.05, 4.69) is 0 Å². The molecule has 0 aromatic heterocycles. The van der Waals surface area contributed by atoms with Crippen molar-refractivity contribution in [3.05, 3.63) is 0 Å². The predicted molar refractivity (Wildman–Crippen MR) is 29.2 cm³/mol. The summed E-state index contributed by atoms with van der Waals surface area (Å²) in [7, 11) is 0. The molecule has 0 saturated carbocycles. The standard InChI is InChI=1S/C6H8O7.K.Na/c7-3(8)1-6(13,5(11)12)2-4(9)10;;/h13H,1-2H2,(H,7,8)(H,9,10)(H,11,12);;/q;2*+1/p-3. The van der Waals surface area contributed by atoms with Crippen molar-refractivity contribution in [1.29, 1.82) is 0 Å². The molecule has 0 radical (unpaired) electrons. The molecule has 74 valence electrons. The molecule has 9 heteroatoms. The van der Waals surface area contributed by atoms with Crippen LogP contribution >= 0.6 is 0 Å². The Morgan fingerprint density at radius 1 is 1.00 bits per heavy atom. The second-order valence-corrected chi connectivity index (χ2v) is 2.42. The Hall–Kier alpha value is 1.01. The minimum atomic E-state index is -2.97. The maximum absolute atomic E-state index is 10.1. The Labute approximate surface area is 150 Å². The minimum Gasteiger partial charge on any atom is -0.550 e. The van der Waals surface area contributed by atoms with Crippen molar-refractivity contribution in [3.8, 4) is 0 Å². The molecule has 0 aromatic rings. The number of carbonyl (C=O) groups is 3. The fourth-order valence-corrected chi connectivity index (χ4v) is 0.684. The average molecular weight is 251 g/mol. The van der Waals surface area contributed by atoms with E-state index < -0.39 is 36.4 Å². The van der Waals surface area contributed by atoms with Crippen molar-refractivity contribution in [2.45, 2.75) is 18.4 Å². The van der Waals surface area contributed by atoms with Gasteiger partial charge in [-0.05, 0) is 0 Å². The third-order valence-corrected chi connectivity index (χ3v) is 1.25. The van der Waals surface area contributed by atoms with Crippen LogP contribution in [0.3, 0.4) is 0 Å². The molecule has 7 nitrogen and oxygen atoms in total. The Balaban J connectivity index is -0.000000720. The van der Waals surface area contributed by atoms with E-state index in [0.717, 1.165) is 0 Å². The molecular formula is C6H5KNaO7-. The smallest absolute Gasteiger partial charge is 0.550 e. The third kappa shape index (κ3) is 8.78. The van der Waals surface area contributed by atoms with Crippen LogP contribution in [-0.4, -0.2) is 28.6 Å². The van der Waals surface area contributed by atoms with Crippen molar-refractivity contribution < 1.29 is 116 Å². The minimum absolute atomic E-state index is 0. The molecule has 0 unspecified atom stereocenters. The van der Waals surface area contributed by atoms with Gasteiger partial charge >= 0.3 is 80.9 Å². The third-order valence-electron chi connectivity index (χ3n) is 1.25. The van der Waals surface area contributed by atoms with Gasteiger partial charge in [0, 0.05) is 24.8 Å². The molecule has 0 aliphatic heterocycles. The zero-order chi connectivity index (χ0) is 10.6. The summed E-state index contributed by atoms with van der Waals surface area (Å²) in [6, 6.07) is 0. The summed E-state index contributed by atoms with van der Waals surface area (Å²) in [6.07, 6.45) is -2.72. The molecule has 0 atom stereocenters. The van der Waals surface area contributed by atoms with Crippen LogP contribution in [0.1, 0.15) is 12.8 Å². The first-order chi connectivity index (χ1) is 5.78. The largest absolute Gasteiger partial charge is 1.00 e. The number of carboxylic acids is 3. The Morgan fingerprint density at radius 3 is 1.40 bits per heavy atom. The molecule has 0 rings (SSSR count). The van der Waals surface area contributed by atoms with Gasteiger partial charge in [-0.2, -0.15) is 0 Å². The van der Waals surface area contributed by atoms with Crippen molar-refractivity contribution in [1.82, 2.24) is 0 Å². The summed E-state index contributed by atoms with van der Waals surface area (Å²) in [5, 5.41) is 38.9. The van der Waals surface area contributed by atoms with Gasteiger partial charge in [0.1, 0.15) is 5.60 Å². The first-order valence-corrected chi connectivity index (χ1v) is 3.11.